The molecule has 0 aromatic heterocycles. The van der Waals surface area contributed by atoms with E-state index in [1.54, 1.807) is 44.3 Å². The number of ether oxygens (including phenoxy) is 3. The number of carbonyl (C=O) groups excluding carboxylic acids is 2. The van der Waals surface area contributed by atoms with Crippen molar-refractivity contribution in [1.29, 1.82) is 0 Å². The second-order valence-electron chi connectivity index (χ2n) is 7.44. The van der Waals surface area contributed by atoms with Crippen molar-refractivity contribution in [2.24, 2.45) is 0 Å². The molecule has 1 aliphatic carbocycles. The van der Waals surface area contributed by atoms with Crippen molar-refractivity contribution >= 4 is 18.0 Å². The summed E-state index contributed by atoms with van der Waals surface area (Å²) in [6.45, 7) is 2.36. The highest BCUT2D eigenvalue weighted by Gasteiger charge is 2.36. The molecule has 0 N–H and O–H groups in total. The van der Waals surface area contributed by atoms with Crippen LogP contribution in [-0.2, 0) is 14.3 Å². The molecule has 30 heavy (non-hydrogen) atoms. The number of hydrogen-bond donors (Lipinski definition) is 0. The van der Waals surface area contributed by atoms with Gasteiger partial charge in [-0.1, -0.05) is 17.7 Å². The molecule has 0 bridgehead atoms. The van der Waals surface area contributed by atoms with Crippen molar-refractivity contribution in [3.05, 3.63) is 52.3 Å². The van der Waals surface area contributed by atoms with Crippen LogP contribution in [0.4, 0.5) is 0 Å². The van der Waals surface area contributed by atoms with Gasteiger partial charge in [-0.3, -0.25) is 4.79 Å². The van der Waals surface area contributed by atoms with Gasteiger partial charge in [0.15, 0.2) is 11.5 Å². The molecule has 1 aromatic carbocycles. The Kier molecular flexibility index (Phi) is 6.98. The highest BCUT2D eigenvalue weighted by Crippen LogP contribution is 2.34. The van der Waals surface area contributed by atoms with Gasteiger partial charge in [0.1, 0.15) is 0 Å². The molecule has 0 atom stereocenters. The maximum atomic E-state index is 13.2. The van der Waals surface area contributed by atoms with Crippen LogP contribution in [0.3, 0.4) is 0 Å². The lowest BCUT2D eigenvalue weighted by molar-refractivity contribution is -0.136. The number of benzene rings is 1. The lowest BCUT2D eigenvalue weighted by atomic mass is 9.97. The van der Waals surface area contributed by atoms with E-state index in [0.29, 0.717) is 34.9 Å². The normalized spacial score (nSPS) is 18.0. The fraction of sp³-hybridized carbons (Fsp3) is 0.417. The van der Waals surface area contributed by atoms with Crippen molar-refractivity contribution in [2.45, 2.75) is 39.0 Å². The van der Waals surface area contributed by atoms with Crippen molar-refractivity contribution < 1.29 is 23.8 Å². The van der Waals surface area contributed by atoms with Gasteiger partial charge in [-0.25, -0.2) is 4.79 Å². The van der Waals surface area contributed by atoms with Crippen LogP contribution in [0.25, 0.3) is 6.08 Å². The van der Waals surface area contributed by atoms with Gasteiger partial charge in [-0.15, -0.1) is 0 Å². The standard InChI is InChI=1S/C24H29NO5/c1-16-22(24(27)30-4)19(14-18-10-11-20(28-2)21(15-18)29-3)23(26)25(16)13-12-17-8-6-5-7-9-17/h8,10-11,14-15H,5-7,9,12-13H2,1-4H3/b19-14-. The minimum atomic E-state index is -0.507. The molecule has 160 valence electrons. The summed E-state index contributed by atoms with van der Waals surface area (Å²) in [6.07, 6.45) is 9.44. The zero-order valence-electron chi connectivity index (χ0n) is 18.1. The first-order valence-corrected chi connectivity index (χ1v) is 10.2. The maximum Gasteiger partial charge on any atom is 0.340 e. The smallest absolute Gasteiger partial charge is 0.340 e. The minimum absolute atomic E-state index is 0.181. The van der Waals surface area contributed by atoms with E-state index < -0.39 is 5.97 Å². The highest BCUT2D eigenvalue weighted by molar-refractivity contribution is 6.16. The van der Waals surface area contributed by atoms with Crippen LogP contribution >= 0.6 is 0 Å². The summed E-state index contributed by atoms with van der Waals surface area (Å²) in [5, 5.41) is 0. The lowest BCUT2D eigenvalue weighted by Gasteiger charge is -2.20. The first-order valence-electron chi connectivity index (χ1n) is 10.2. The average molecular weight is 411 g/mol. The van der Waals surface area contributed by atoms with Crippen LogP contribution < -0.4 is 9.47 Å². The van der Waals surface area contributed by atoms with Crippen LogP contribution in [0.15, 0.2) is 46.7 Å². The number of rotatable bonds is 7. The molecule has 0 saturated carbocycles. The van der Waals surface area contributed by atoms with Crippen molar-refractivity contribution in [3.8, 4) is 11.5 Å². The third-order valence-electron chi connectivity index (χ3n) is 5.66. The number of nitrogens with zero attached hydrogens (tertiary/aromatic N) is 1. The molecular formula is C24H29NO5. The molecule has 1 amide bonds. The highest BCUT2D eigenvalue weighted by atomic mass is 16.5. The number of allylic oxidation sites excluding steroid dienone is 2. The Morgan fingerprint density at radius 1 is 1.13 bits per heavy atom. The molecule has 1 aliphatic heterocycles. The number of amides is 1. The average Bonchev–Trinajstić information content (AvgIpc) is 3.01. The first-order chi connectivity index (χ1) is 14.5. The van der Waals surface area contributed by atoms with Gasteiger partial charge in [-0.05, 0) is 62.8 Å². The first kappa shape index (κ1) is 21.7. The van der Waals surface area contributed by atoms with E-state index in [2.05, 4.69) is 6.08 Å². The van der Waals surface area contributed by atoms with Gasteiger partial charge in [-0.2, -0.15) is 0 Å². The number of carbonyl (C=O) groups is 2. The Hall–Kier alpha value is -3.02. The van der Waals surface area contributed by atoms with Crippen LogP contribution in [0, 0.1) is 0 Å². The van der Waals surface area contributed by atoms with Gasteiger partial charge in [0.05, 0.1) is 32.5 Å². The summed E-state index contributed by atoms with van der Waals surface area (Å²) in [7, 11) is 4.45. The second-order valence-corrected chi connectivity index (χ2v) is 7.44. The Balaban J connectivity index is 1.92. The van der Waals surface area contributed by atoms with E-state index in [1.165, 1.54) is 25.5 Å². The molecule has 0 spiro atoms. The molecule has 0 saturated heterocycles. The SMILES string of the molecule is COC(=O)C1=C(C)N(CCC2=CCCCC2)C(=O)/C1=C\c1ccc(OC)c(OC)c1. The molecule has 0 radical (unpaired) electrons. The van der Waals surface area contributed by atoms with Gasteiger partial charge in [0.2, 0.25) is 0 Å². The zero-order valence-corrected chi connectivity index (χ0v) is 18.1. The van der Waals surface area contributed by atoms with Gasteiger partial charge in [0, 0.05) is 12.2 Å². The number of esters is 1. The predicted octanol–water partition coefficient (Wildman–Crippen LogP) is 4.27. The van der Waals surface area contributed by atoms with E-state index in [0.717, 1.165) is 24.8 Å². The second kappa shape index (κ2) is 9.65. The van der Waals surface area contributed by atoms with E-state index >= 15 is 0 Å². The Morgan fingerprint density at radius 2 is 1.90 bits per heavy atom. The van der Waals surface area contributed by atoms with Crippen LogP contribution in [0.1, 0.15) is 44.6 Å². The molecule has 0 fully saturated rings. The predicted molar refractivity (Wildman–Crippen MR) is 115 cm³/mol. The van der Waals surface area contributed by atoms with Gasteiger partial charge >= 0.3 is 5.97 Å². The monoisotopic (exact) mass is 411 g/mol. The van der Waals surface area contributed by atoms with Gasteiger partial charge < -0.3 is 19.1 Å². The Labute approximate surface area is 177 Å². The van der Waals surface area contributed by atoms with E-state index in [4.69, 9.17) is 14.2 Å². The van der Waals surface area contributed by atoms with E-state index in [1.807, 2.05) is 6.07 Å². The minimum Gasteiger partial charge on any atom is -0.493 e. The van der Waals surface area contributed by atoms with Gasteiger partial charge in [0.25, 0.3) is 5.91 Å². The molecule has 3 rings (SSSR count). The molecule has 6 heteroatoms. The van der Waals surface area contributed by atoms with Crippen LogP contribution in [0.2, 0.25) is 0 Å². The maximum absolute atomic E-state index is 13.2. The molecule has 6 nitrogen and oxygen atoms in total. The van der Waals surface area contributed by atoms with Crippen molar-refractivity contribution in [2.75, 3.05) is 27.9 Å². The summed E-state index contributed by atoms with van der Waals surface area (Å²) in [5.74, 6) is 0.462. The molecule has 0 unspecified atom stereocenters. The van der Waals surface area contributed by atoms with Crippen molar-refractivity contribution in [3.63, 3.8) is 0 Å². The Bertz CT molecular complexity index is 926. The molecule has 1 heterocycles. The third-order valence-corrected chi connectivity index (χ3v) is 5.66. The summed E-state index contributed by atoms with van der Waals surface area (Å²) in [5.41, 5.74) is 3.41. The zero-order chi connectivity index (χ0) is 21.7. The van der Waals surface area contributed by atoms with Crippen LogP contribution in [-0.4, -0.2) is 44.7 Å². The third kappa shape index (κ3) is 4.42. The van der Waals surface area contributed by atoms with E-state index in [-0.39, 0.29) is 5.91 Å². The number of methoxy groups -OCH3 is 3. The fourth-order valence-electron chi connectivity index (χ4n) is 3.99. The Morgan fingerprint density at radius 3 is 2.53 bits per heavy atom. The summed E-state index contributed by atoms with van der Waals surface area (Å²) < 4.78 is 15.6. The lowest BCUT2D eigenvalue weighted by Crippen LogP contribution is -2.26. The quantitative estimate of drug-likeness (QED) is 0.381. The number of hydrogen-bond acceptors (Lipinski definition) is 5. The fourth-order valence-corrected chi connectivity index (χ4v) is 3.99. The van der Waals surface area contributed by atoms with Crippen LogP contribution in [0.5, 0.6) is 11.5 Å². The topological polar surface area (TPSA) is 65.1 Å². The summed E-state index contributed by atoms with van der Waals surface area (Å²) in [4.78, 5) is 27.4. The molecule has 2 aliphatic rings. The molecular weight excluding hydrogens is 382 g/mol. The molecule has 1 aromatic rings. The largest absolute Gasteiger partial charge is 0.493 e. The van der Waals surface area contributed by atoms with E-state index in [9.17, 15) is 9.59 Å². The van der Waals surface area contributed by atoms with Crippen molar-refractivity contribution in [1.82, 2.24) is 4.90 Å². The summed E-state index contributed by atoms with van der Waals surface area (Å²) >= 11 is 0. The summed E-state index contributed by atoms with van der Waals surface area (Å²) in [6, 6.07) is 5.37.